The second kappa shape index (κ2) is 4.64. The molecule has 4 heteroatoms. The monoisotopic (exact) mass is 342 g/mol. The van der Waals surface area contributed by atoms with Crippen molar-refractivity contribution in [3.63, 3.8) is 0 Å². The highest BCUT2D eigenvalue weighted by atomic mass is 16.7. The van der Waals surface area contributed by atoms with Gasteiger partial charge in [0, 0.05) is 17.8 Å². The predicted molar refractivity (Wildman–Crippen MR) is 89.5 cm³/mol. The molecular weight excluding hydrogens is 316 g/mol. The molecule has 0 aromatic rings. The van der Waals surface area contributed by atoms with E-state index in [2.05, 4.69) is 6.92 Å². The van der Waals surface area contributed by atoms with E-state index in [1.807, 2.05) is 6.08 Å². The van der Waals surface area contributed by atoms with Crippen molar-refractivity contribution in [3.05, 3.63) is 11.6 Å². The minimum absolute atomic E-state index is 0.0385. The fourth-order valence-electron chi connectivity index (χ4n) is 8.12. The van der Waals surface area contributed by atoms with E-state index < -0.39 is 0 Å². The first-order chi connectivity index (χ1) is 12.0. The van der Waals surface area contributed by atoms with Crippen LogP contribution in [0, 0.1) is 34.5 Å². The Kier molecular flexibility index (Phi) is 2.80. The van der Waals surface area contributed by atoms with Gasteiger partial charge >= 0.3 is 0 Å². The molecule has 0 radical (unpaired) electrons. The summed E-state index contributed by atoms with van der Waals surface area (Å²) in [6.07, 6.45) is 8.99. The van der Waals surface area contributed by atoms with Gasteiger partial charge in [-0.15, -0.1) is 0 Å². The van der Waals surface area contributed by atoms with Gasteiger partial charge in [0.05, 0.1) is 6.10 Å². The lowest BCUT2D eigenvalue weighted by Crippen LogP contribution is -2.57. The molecule has 4 nitrogen and oxygen atoms in total. The van der Waals surface area contributed by atoms with Crippen molar-refractivity contribution in [2.75, 3.05) is 6.61 Å². The zero-order chi connectivity index (χ0) is 17.0. The second-order valence-corrected chi connectivity index (χ2v) is 9.62. The number of rotatable bonds is 0. The summed E-state index contributed by atoms with van der Waals surface area (Å²) in [7, 11) is 0. The third-order valence-electron chi connectivity index (χ3n) is 8.98. The van der Waals surface area contributed by atoms with Gasteiger partial charge in [-0.1, -0.05) is 12.5 Å². The first-order valence-corrected chi connectivity index (χ1v) is 10.1. The largest absolute Gasteiger partial charge is 0.348 e. The van der Waals surface area contributed by atoms with E-state index in [-0.39, 0.29) is 35.7 Å². The Morgan fingerprint density at radius 3 is 2.92 bits per heavy atom. The van der Waals surface area contributed by atoms with E-state index in [1.165, 1.54) is 5.57 Å². The Balaban J connectivity index is 1.47. The van der Waals surface area contributed by atoms with Gasteiger partial charge < -0.3 is 9.47 Å². The van der Waals surface area contributed by atoms with E-state index in [9.17, 15) is 9.59 Å². The Hall–Kier alpha value is -1.00. The normalized spacial score (nSPS) is 56.1. The van der Waals surface area contributed by atoms with Gasteiger partial charge in [0.15, 0.2) is 17.9 Å². The molecule has 2 heterocycles. The maximum atomic E-state index is 12.5. The Labute approximate surface area is 148 Å². The maximum Gasteiger partial charge on any atom is 0.165 e. The third kappa shape index (κ3) is 1.63. The number of carbonyl (C=O) groups excluding carboxylic acids is 2. The Morgan fingerprint density at radius 2 is 2.04 bits per heavy atom. The van der Waals surface area contributed by atoms with E-state index in [0.717, 1.165) is 38.5 Å². The molecule has 2 unspecified atom stereocenters. The van der Waals surface area contributed by atoms with Crippen molar-refractivity contribution >= 4 is 11.6 Å². The lowest BCUT2D eigenvalue weighted by Gasteiger charge is -2.57. The number of Topliss-reactive ketones (excluding diaryl/α,β-unsaturated/α-hetero) is 1. The molecule has 0 N–H and O–H groups in total. The minimum Gasteiger partial charge on any atom is -0.348 e. The van der Waals surface area contributed by atoms with Crippen LogP contribution in [0.15, 0.2) is 11.6 Å². The van der Waals surface area contributed by atoms with Crippen molar-refractivity contribution in [1.29, 1.82) is 0 Å². The number of ketones is 2. The quantitative estimate of drug-likeness (QED) is 0.679. The molecule has 2 saturated heterocycles. The number of ether oxygens (including phenoxy) is 2. The first kappa shape index (κ1) is 15.1. The molecule has 0 aromatic carbocycles. The maximum absolute atomic E-state index is 12.5. The van der Waals surface area contributed by atoms with Gasteiger partial charge in [-0.2, -0.15) is 0 Å². The molecular formula is C21H26O4. The van der Waals surface area contributed by atoms with Gasteiger partial charge in [0.25, 0.3) is 0 Å². The summed E-state index contributed by atoms with van der Waals surface area (Å²) in [5.74, 6) is 2.45. The Bertz CT molecular complexity index is 711. The first-order valence-electron chi connectivity index (χ1n) is 10.1. The van der Waals surface area contributed by atoms with Crippen LogP contribution >= 0.6 is 0 Å². The fraction of sp³-hybridized carbons (Fsp3) is 0.810. The zero-order valence-electron chi connectivity index (χ0n) is 14.8. The van der Waals surface area contributed by atoms with Gasteiger partial charge in [0.1, 0.15) is 6.61 Å². The van der Waals surface area contributed by atoms with E-state index in [1.54, 1.807) is 0 Å². The lowest BCUT2D eigenvalue weighted by atomic mass is 9.46. The molecule has 134 valence electrons. The second-order valence-electron chi connectivity index (χ2n) is 9.62. The summed E-state index contributed by atoms with van der Waals surface area (Å²) in [4.78, 5) is 24.5. The lowest BCUT2D eigenvalue weighted by molar-refractivity contribution is -0.210. The number of fused-ring (bicyclic) bond motifs is 6. The molecule has 3 saturated carbocycles. The van der Waals surface area contributed by atoms with Crippen LogP contribution in [0.3, 0.4) is 0 Å². The van der Waals surface area contributed by atoms with Crippen molar-refractivity contribution in [1.82, 2.24) is 0 Å². The van der Waals surface area contributed by atoms with Gasteiger partial charge in [0.2, 0.25) is 0 Å². The average Bonchev–Trinajstić information content (AvgIpc) is 3.13. The van der Waals surface area contributed by atoms with Crippen molar-refractivity contribution < 1.29 is 19.1 Å². The van der Waals surface area contributed by atoms with Crippen LogP contribution in [0.25, 0.3) is 0 Å². The molecule has 0 aromatic heterocycles. The van der Waals surface area contributed by atoms with Crippen molar-refractivity contribution in [2.24, 2.45) is 34.5 Å². The molecule has 8 atom stereocenters. The molecule has 5 fully saturated rings. The van der Waals surface area contributed by atoms with Gasteiger partial charge in [-0.25, -0.2) is 0 Å². The summed E-state index contributed by atoms with van der Waals surface area (Å²) in [5, 5.41) is 0. The summed E-state index contributed by atoms with van der Waals surface area (Å²) in [6.45, 7) is 2.62. The van der Waals surface area contributed by atoms with Crippen LogP contribution in [0.4, 0.5) is 0 Å². The van der Waals surface area contributed by atoms with Crippen molar-refractivity contribution in [3.8, 4) is 0 Å². The standard InChI is InChI=1S/C21H26O4/c1-20-7-6-12(22)8-11(20)2-3-13-14-4-5-15-16(23)10-24-19-21(14,15)9-17(25-19)18(13)20/h8,13-15,17-19H,2-7,9-10H2,1H3/t13-,14-,15+,17-,18+,19?,20-,21?/m0/s1. The number of hydrogen-bond acceptors (Lipinski definition) is 4. The topological polar surface area (TPSA) is 52.6 Å². The zero-order valence-corrected chi connectivity index (χ0v) is 14.8. The minimum atomic E-state index is -0.167. The van der Waals surface area contributed by atoms with Gasteiger partial charge in [-0.05, 0) is 67.8 Å². The molecule has 6 aliphatic rings. The third-order valence-corrected chi connectivity index (χ3v) is 8.98. The van der Waals surface area contributed by atoms with Crippen molar-refractivity contribution in [2.45, 2.75) is 64.3 Å². The summed E-state index contributed by atoms with van der Waals surface area (Å²) in [5.41, 5.74) is 1.42. The molecule has 0 amide bonds. The number of carbonyl (C=O) groups is 2. The average molecular weight is 342 g/mol. The van der Waals surface area contributed by atoms with Crippen LogP contribution in [0.2, 0.25) is 0 Å². The van der Waals surface area contributed by atoms with E-state index in [0.29, 0.717) is 35.7 Å². The molecule has 2 aliphatic heterocycles. The highest BCUT2D eigenvalue weighted by molar-refractivity contribution is 5.91. The highest BCUT2D eigenvalue weighted by Crippen LogP contribution is 2.72. The molecule has 4 aliphatic carbocycles. The van der Waals surface area contributed by atoms with E-state index in [4.69, 9.17) is 9.47 Å². The number of hydrogen-bond donors (Lipinski definition) is 0. The molecule has 2 bridgehead atoms. The smallest absolute Gasteiger partial charge is 0.165 e. The Morgan fingerprint density at radius 1 is 1.16 bits per heavy atom. The van der Waals surface area contributed by atoms with Gasteiger partial charge in [-0.3, -0.25) is 9.59 Å². The van der Waals surface area contributed by atoms with Crippen LogP contribution in [0.1, 0.15) is 51.9 Å². The highest BCUT2D eigenvalue weighted by Gasteiger charge is 2.73. The fourth-order valence-corrected chi connectivity index (χ4v) is 8.12. The summed E-state index contributed by atoms with van der Waals surface area (Å²) in [6, 6.07) is 0. The number of allylic oxidation sites excluding steroid dienone is 1. The molecule has 1 spiro atoms. The van der Waals surface area contributed by atoms with Crippen LogP contribution in [-0.2, 0) is 19.1 Å². The molecule has 25 heavy (non-hydrogen) atoms. The summed E-state index contributed by atoms with van der Waals surface area (Å²) < 4.78 is 12.5. The van der Waals surface area contributed by atoms with Crippen LogP contribution < -0.4 is 0 Å². The molecule has 6 rings (SSSR count). The van der Waals surface area contributed by atoms with Crippen LogP contribution in [-0.4, -0.2) is 30.6 Å². The SMILES string of the molecule is C[C@]12CCC(=O)C=C1CC[C@@H]1[C@@H]2[C@@H]2CC34C(OCC(=O)[C@H]3CC[C@@H]14)O2. The van der Waals surface area contributed by atoms with E-state index >= 15 is 0 Å². The summed E-state index contributed by atoms with van der Waals surface area (Å²) >= 11 is 0. The van der Waals surface area contributed by atoms with Crippen LogP contribution in [0.5, 0.6) is 0 Å². The predicted octanol–water partition coefficient (Wildman–Crippen LogP) is 3.05.